The lowest BCUT2D eigenvalue weighted by atomic mass is 10.1. The van der Waals surface area contributed by atoms with E-state index in [1.165, 1.54) is 11.8 Å². The number of benzene rings is 1. The molecule has 1 atom stereocenters. The van der Waals surface area contributed by atoms with E-state index in [2.05, 4.69) is 15.9 Å². The third-order valence-electron chi connectivity index (χ3n) is 2.78. The third kappa shape index (κ3) is 5.93. The van der Waals surface area contributed by atoms with Gasteiger partial charge in [0.1, 0.15) is 9.84 Å². The molecule has 0 aliphatic rings. The van der Waals surface area contributed by atoms with Gasteiger partial charge in [0, 0.05) is 30.4 Å². The van der Waals surface area contributed by atoms with Crippen LogP contribution in [0.15, 0.2) is 22.7 Å². The Morgan fingerprint density at radius 3 is 2.53 bits per heavy atom. The highest BCUT2D eigenvalue weighted by Crippen LogP contribution is 2.27. The summed E-state index contributed by atoms with van der Waals surface area (Å²) < 4.78 is 23.3. The van der Waals surface area contributed by atoms with Gasteiger partial charge in [-0.3, -0.25) is 0 Å². The van der Waals surface area contributed by atoms with Crippen LogP contribution in [0.3, 0.4) is 0 Å². The lowest BCUT2D eigenvalue weighted by Crippen LogP contribution is -2.25. The van der Waals surface area contributed by atoms with Crippen LogP contribution in [0.2, 0.25) is 0 Å². The van der Waals surface area contributed by atoms with E-state index >= 15 is 0 Å². The molecule has 19 heavy (non-hydrogen) atoms. The van der Waals surface area contributed by atoms with Crippen molar-refractivity contribution in [2.24, 2.45) is 5.73 Å². The first-order valence-electron chi connectivity index (χ1n) is 6.12. The quantitative estimate of drug-likeness (QED) is 0.851. The van der Waals surface area contributed by atoms with Gasteiger partial charge >= 0.3 is 0 Å². The summed E-state index contributed by atoms with van der Waals surface area (Å²) in [5, 5.41) is 0. The van der Waals surface area contributed by atoms with Crippen LogP contribution in [0.5, 0.6) is 0 Å². The maximum Gasteiger partial charge on any atom is 0.149 e. The molecule has 6 heteroatoms. The van der Waals surface area contributed by atoms with Crippen LogP contribution >= 0.6 is 15.9 Å². The Morgan fingerprint density at radius 1 is 1.42 bits per heavy atom. The van der Waals surface area contributed by atoms with Gasteiger partial charge in [0.25, 0.3) is 0 Å². The van der Waals surface area contributed by atoms with Gasteiger partial charge in [0.05, 0.1) is 11.4 Å². The summed E-state index contributed by atoms with van der Waals surface area (Å²) in [5.74, 6) is 0.150. The highest BCUT2D eigenvalue weighted by atomic mass is 79.9. The van der Waals surface area contributed by atoms with Crippen LogP contribution in [0.4, 0.5) is 5.69 Å². The molecule has 0 spiro atoms. The lowest BCUT2D eigenvalue weighted by Gasteiger charge is -2.21. The monoisotopic (exact) mass is 348 g/mol. The number of halogens is 1. The Morgan fingerprint density at radius 2 is 2.05 bits per heavy atom. The molecule has 0 saturated heterocycles. The molecular weight excluding hydrogens is 328 g/mol. The van der Waals surface area contributed by atoms with Gasteiger partial charge in [-0.1, -0.05) is 6.07 Å². The number of anilines is 1. The fourth-order valence-electron chi connectivity index (χ4n) is 1.78. The Balaban J connectivity index is 2.78. The first kappa shape index (κ1) is 16.5. The second-order valence-corrected chi connectivity index (χ2v) is 8.13. The van der Waals surface area contributed by atoms with Gasteiger partial charge in [0.15, 0.2) is 0 Å². The summed E-state index contributed by atoms with van der Waals surface area (Å²) in [5.41, 5.74) is 7.93. The number of nitrogens with zero attached hydrogens (tertiary/aromatic N) is 1. The maximum atomic E-state index is 11.2. The smallest absolute Gasteiger partial charge is 0.149 e. The predicted octanol–water partition coefficient (Wildman–Crippen LogP) is 1.82. The van der Waals surface area contributed by atoms with Crippen molar-refractivity contribution in [3.8, 4) is 0 Å². The minimum Gasteiger partial charge on any atom is -0.373 e. The molecule has 1 unspecified atom stereocenters. The molecule has 0 saturated carbocycles. The van der Waals surface area contributed by atoms with Crippen molar-refractivity contribution in [3.63, 3.8) is 0 Å². The SMILES string of the molecule is CC(N)Cc1ccc(N(C)CCS(C)(=O)=O)c(Br)c1. The van der Waals surface area contributed by atoms with E-state index in [0.717, 1.165) is 16.6 Å². The van der Waals surface area contributed by atoms with Crippen LogP contribution in [0.1, 0.15) is 12.5 Å². The van der Waals surface area contributed by atoms with E-state index in [1.807, 2.05) is 37.1 Å². The Hall–Kier alpha value is -0.590. The van der Waals surface area contributed by atoms with E-state index in [0.29, 0.717) is 6.54 Å². The lowest BCUT2D eigenvalue weighted by molar-refractivity contribution is 0.601. The van der Waals surface area contributed by atoms with Crippen molar-refractivity contribution in [2.75, 3.05) is 30.5 Å². The van der Waals surface area contributed by atoms with Crippen LogP contribution < -0.4 is 10.6 Å². The summed E-state index contributed by atoms with van der Waals surface area (Å²) in [4.78, 5) is 1.93. The standard InChI is InChI=1S/C13H21BrN2O2S/c1-10(15)8-11-4-5-13(12(14)9-11)16(2)6-7-19(3,17)18/h4-5,9-10H,6-8,15H2,1-3H3. The zero-order valence-corrected chi connectivity index (χ0v) is 14.0. The summed E-state index contributed by atoms with van der Waals surface area (Å²) >= 11 is 3.53. The van der Waals surface area contributed by atoms with Crippen molar-refractivity contribution < 1.29 is 8.42 Å². The second kappa shape index (κ2) is 6.72. The molecule has 108 valence electrons. The number of hydrogen-bond donors (Lipinski definition) is 1. The summed E-state index contributed by atoms with van der Waals surface area (Å²) in [7, 11) is -1.05. The second-order valence-electron chi connectivity index (χ2n) is 5.02. The molecule has 0 bridgehead atoms. The van der Waals surface area contributed by atoms with Crippen molar-refractivity contribution in [2.45, 2.75) is 19.4 Å². The minimum atomic E-state index is -2.94. The molecule has 2 N–H and O–H groups in total. The highest BCUT2D eigenvalue weighted by molar-refractivity contribution is 9.10. The van der Waals surface area contributed by atoms with E-state index in [9.17, 15) is 8.42 Å². The van der Waals surface area contributed by atoms with Gasteiger partial charge in [-0.15, -0.1) is 0 Å². The molecule has 0 radical (unpaired) electrons. The third-order valence-corrected chi connectivity index (χ3v) is 4.34. The zero-order chi connectivity index (χ0) is 14.6. The summed E-state index contributed by atoms with van der Waals surface area (Å²) in [6.07, 6.45) is 2.08. The van der Waals surface area contributed by atoms with E-state index in [4.69, 9.17) is 5.73 Å². The largest absolute Gasteiger partial charge is 0.373 e. The van der Waals surface area contributed by atoms with Crippen molar-refractivity contribution in [1.29, 1.82) is 0 Å². The van der Waals surface area contributed by atoms with Crippen molar-refractivity contribution >= 4 is 31.5 Å². The molecule has 1 rings (SSSR count). The number of hydrogen-bond acceptors (Lipinski definition) is 4. The fourth-order valence-corrected chi connectivity index (χ4v) is 3.12. The van der Waals surface area contributed by atoms with Gasteiger partial charge in [0.2, 0.25) is 0 Å². The van der Waals surface area contributed by atoms with Crippen LogP contribution in [-0.4, -0.2) is 40.1 Å². The maximum absolute atomic E-state index is 11.2. The topological polar surface area (TPSA) is 63.4 Å². The molecule has 0 amide bonds. The van der Waals surface area contributed by atoms with E-state index < -0.39 is 9.84 Å². The van der Waals surface area contributed by atoms with Gasteiger partial charge in [-0.25, -0.2) is 8.42 Å². The molecule has 1 aromatic rings. The van der Waals surface area contributed by atoms with Crippen molar-refractivity contribution in [1.82, 2.24) is 0 Å². The Bertz CT molecular complexity index is 529. The molecule has 0 aliphatic carbocycles. The average Bonchev–Trinajstić information content (AvgIpc) is 2.24. The van der Waals surface area contributed by atoms with Gasteiger partial charge in [-0.2, -0.15) is 0 Å². The molecule has 1 aromatic carbocycles. The molecule has 0 aromatic heterocycles. The number of rotatable bonds is 6. The van der Waals surface area contributed by atoms with Crippen LogP contribution in [-0.2, 0) is 16.3 Å². The number of sulfone groups is 1. The first-order valence-corrected chi connectivity index (χ1v) is 8.97. The first-order chi connectivity index (χ1) is 8.69. The van der Waals surface area contributed by atoms with Crippen LogP contribution in [0, 0.1) is 0 Å². The fraction of sp³-hybridized carbons (Fsp3) is 0.538. The molecule has 0 aliphatic heterocycles. The number of nitrogens with two attached hydrogens (primary N) is 1. The predicted molar refractivity (Wildman–Crippen MR) is 84.5 cm³/mol. The normalized spacial score (nSPS) is 13.3. The van der Waals surface area contributed by atoms with Gasteiger partial charge < -0.3 is 10.6 Å². The minimum absolute atomic E-state index is 0.126. The van der Waals surface area contributed by atoms with Gasteiger partial charge in [-0.05, 0) is 47.0 Å². The molecule has 4 nitrogen and oxygen atoms in total. The Kier molecular flexibility index (Phi) is 5.82. The van der Waals surface area contributed by atoms with Crippen LogP contribution in [0.25, 0.3) is 0 Å². The average molecular weight is 349 g/mol. The molecule has 0 fully saturated rings. The zero-order valence-electron chi connectivity index (χ0n) is 11.6. The molecule has 0 heterocycles. The Labute approximate surface area is 124 Å². The van der Waals surface area contributed by atoms with E-state index in [-0.39, 0.29) is 11.8 Å². The van der Waals surface area contributed by atoms with Crippen molar-refractivity contribution in [3.05, 3.63) is 28.2 Å². The van der Waals surface area contributed by atoms with E-state index in [1.54, 1.807) is 0 Å². The molecular formula is C13H21BrN2O2S. The summed E-state index contributed by atoms with van der Waals surface area (Å²) in [6, 6.07) is 6.18. The highest BCUT2D eigenvalue weighted by Gasteiger charge is 2.10. The summed E-state index contributed by atoms with van der Waals surface area (Å²) in [6.45, 7) is 2.45.